The average molecular weight is 667 g/mol. The summed E-state index contributed by atoms with van der Waals surface area (Å²) in [5.41, 5.74) is 16.9. The molecule has 0 aliphatic rings. The molecule has 3 amide bonds. The Labute approximate surface area is 267 Å². The molecule has 0 aliphatic heterocycles. The van der Waals surface area contributed by atoms with Gasteiger partial charge in [-0.25, -0.2) is 4.79 Å². The van der Waals surface area contributed by atoms with Gasteiger partial charge in [0.1, 0.15) is 17.9 Å². The third-order valence-corrected chi connectivity index (χ3v) is 6.62. The summed E-state index contributed by atoms with van der Waals surface area (Å²) in [6.45, 7) is 1.94. The Morgan fingerprint density at radius 1 is 0.872 bits per heavy atom. The minimum absolute atomic E-state index is 0.0954. The SMILES string of the molecule is C[C@@](Cc1ccc(C(=N)N)cc1)(C(=O)NC(CC(=O)O)C(=O)NC(CCCNC(=N)N)C(N)=O)c1ccccc1.O=C(O)C(F)(F)F. The highest BCUT2D eigenvalue weighted by Gasteiger charge is 2.39. The van der Waals surface area contributed by atoms with E-state index in [-0.39, 0.29) is 31.2 Å². The Hall–Kier alpha value is -5.68. The Morgan fingerprint density at radius 2 is 1.43 bits per heavy atom. The van der Waals surface area contributed by atoms with Crippen LogP contribution in [0.4, 0.5) is 13.2 Å². The number of guanidine groups is 1. The van der Waals surface area contributed by atoms with Gasteiger partial charge in [0.25, 0.3) is 0 Å². The van der Waals surface area contributed by atoms with E-state index < -0.39 is 59.8 Å². The predicted octanol–water partition coefficient (Wildman–Crippen LogP) is 0.297. The van der Waals surface area contributed by atoms with Crippen molar-refractivity contribution in [2.45, 2.75) is 56.3 Å². The molecule has 0 spiro atoms. The maximum Gasteiger partial charge on any atom is 0.490 e. The van der Waals surface area contributed by atoms with E-state index in [2.05, 4.69) is 16.0 Å². The highest BCUT2D eigenvalue weighted by Crippen LogP contribution is 2.29. The zero-order valence-corrected chi connectivity index (χ0v) is 25.2. The van der Waals surface area contributed by atoms with Crippen LogP contribution in [0.25, 0.3) is 0 Å². The van der Waals surface area contributed by atoms with E-state index in [0.29, 0.717) is 17.5 Å². The molecule has 3 atom stereocenters. The summed E-state index contributed by atoms with van der Waals surface area (Å²) < 4.78 is 31.7. The van der Waals surface area contributed by atoms with Gasteiger partial charge in [-0.1, -0.05) is 54.6 Å². The number of nitrogen functional groups attached to an aromatic ring is 1. The number of aliphatic carboxylic acids is 2. The van der Waals surface area contributed by atoms with Crippen LogP contribution in [0.3, 0.4) is 0 Å². The van der Waals surface area contributed by atoms with Crippen LogP contribution in [-0.4, -0.2) is 76.5 Å². The van der Waals surface area contributed by atoms with Gasteiger partial charge in [-0.2, -0.15) is 13.2 Å². The summed E-state index contributed by atoms with van der Waals surface area (Å²) in [4.78, 5) is 59.3. The number of halogens is 3. The van der Waals surface area contributed by atoms with Crippen molar-refractivity contribution < 1.29 is 47.4 Å². The van der Waals surface area contributed by atoms with Crippen LogP contribution >= 0.6 is 0 Å². The number of rotatable bonds is 15. The molecule has 2 unspecified atom stereocenters. The number of carbonyl (C=O) groups is 5. The molecule has 0 saturated heterocycles. The van der Waals surface area contributed by atoms with Crippen molar-refractivity contribution in [3.05, 3.63) is 71.3 Å². The molecule has 0 radical (unpaired) electrons. The molecule has 0 saturated carbocycles. The molecule has 0 bridgehead atoms. The molecule has 13 N–H and O–H groups in total. The second-order valence-corrected chi connectivity index (χ2v) is 10.4. The quantitative estimate of drug-likeness (QED) is 0.0704. The van der Waals surface area contributed by atoms with E-state index in [1.165, 1.54) is 0 Å². The van der Waals surface area contributed by atoms with Gasteiger partial charge in [-0.3, -0.25) is 30.0 Å². The standard InChI is InChI=1S/C27H36N8O5.C2HF3O2/c1-27(18-6-3-2-4-7-18,15-16-9-11-17(12-10-16)22(28)29)25(40)35-20(14-21(36)37)24(39)34-19(23(30)38)8-5-13-33-26(31)32;3-2(4,5)1(6)7/h2-4,6-7,9-12,19-20H,5,8,13-15H2,1H3,(H3,28,29)(H2,30,38)(H,34,39)(H,35,40)(H,36,37)(H4,31,32,33);(H,6,7)/t19?,20?,27-;/m0./s1. The lowest BCUT2D eigenvalue weighted by Crippen LogP contribution is -2.56. The lowest BCUT2D eigenvalue weighted by Gasteiger charge is -2.31. The highest BCUT2D eigenvalue weighted by atomic mass is 19.4. The normalized spacial score (nSPS) is 13.3. The fraction of sp³-hybridized carbons (Fsp3) is 0.345. The summed E-state index contributed by atoms with van der Waals surface area (Å²) in [5.74, 6) is -6.74. The van der Waals surface area contributed by atoms with Gasteiger partial charge < -0.3 is 43.4 Å². The fourth-order valence-corrected chi connectivity index (χ4v) is 4.12. The topological polar surface area (TPSA) is 288 Å². The van der Waals surface area contributed by atoms with E-state index in [1.54, 1.807) is 61.5 Å². The maximum atomic E-state index is 13.8. The van der Waals surface area contributed by atoms with Crippen molar-refractivity contribution in [3.8, 4) is 0 Å². The Kier molecular flexibility index (Phi) is 14.8. The third-order valence-electron chi connectivity index (χ3n) is 6.62. The summed E-state index contributed by atoms with van der Waals surface area (Å²) >= 11 is 0. The predicted molar refractivity (Wildman–Crippen MR) is 163 cm³/mol. The number of carboxylic acids is 2. The first kappa shape index (κ1) is 39.3. The van der Waals surface area contributed by atoms with Gasteiger partial charge in [-0.05, 0) is 37.3 Å². The number of nitrogens with two attached hydrogens (primary N) is 3. The number of amides is 3. The molecule has 2 rings (SSSR count). The van der Waals surface area contributed by atoms with Gasteiger partial charge in [0, 0.05) is 12.1 Å². The number of benzene rings is 2. The zero-order valence-electron chi connectivity index (χ0n) is 25.2. The zero-order chi connectivity index (χ0) is 35.9. The molecule has 18 heteroatoms. The molecular weight excluding hydrogens is 629 g/mol. The van der Waals surface area contributed by atoms with Crippen LogP contribution in [-0.2, 0) is 35.8 Å². The molecule has 2 aromatic carbocycles. The van der Waals surface area contributed by atoms with Crippen molar-refractivity contribution in [1.82, 2.24) is 16.0 Å². The Bertz CT molecular complexity index is 1440. The molecule has 0 aromatic heterocycles. The monoisotopic (exact) mass is 666 g/mol. The van der Waals surface area contributed by atoms with Crippen molar-refractivity contribution >= 4 is 41.5 Å². The Morgan fingerprint density at radius 3 is 1.87 bits per heavy atom. The largest absolute Gasteiger partial charge is 0.490 e. The molecule has 0 aliphatic carbocycles. The van der Waals surface area contributed by atoms with Gasteiger partial charge in [0.05, 0.1) is 11.8 Å². The fourth-order valence-electron chi connectivity index (χ4n) is 4.12. The lowest BCUT2D eigenvalue weighted by molar-refractivity contribution is -0.192. The number of hydrogen-bond acceptors (Lipinski definition) is 7. The van der Waals surface area contributed by atoms with E-state index in [0.717, 1.165) is 5.56 Å². The first-order valence-electron chi connectivity index (χ1n) is 13.8. The van der Waals surface area contributed by atoms with E-state index in [1.807, 2.05) is 0 Å². The maximum absolute atomic E-state index is 13.8. The number of primary amides is 1. The van der Waals surface area contributed by atoms with Crippen LogP contribution < -0.4 is 33.2 Å². The smallest absolute Gasteiger partial charge is 0.481 e. The van der Waals surface area contributed by atoms with Gasteiger partial charge in [0.15, 0.2) is 5.96 Å². The van der Waals surface area contributed by atoms with Crippen LogP contribution in [0.15, 0.2) is 54.6 Å². The molecule has 0 fully saturated rings. The van der Waals surface area contributed by atoms with Crippen molar-refractivity contribution in [3.63, 3.8) is 0 Å². The van der Waals surface area contributed by atoms with Crippen LogP contribution in [0, 0.1) is 10.8 Å². The molecule has 256 valence electrons. The van der Waals surface area contributed by atoms with E-state index in [9.17, 15) is 37.5 Å². The number of amidine groups is 1. The van der Waals surface area contributed by atoms with Gasteiger partial charge in [0.2, 0.25) is 17.7 Å². The summed E-state index contributed by atoms with van der Waals surface area (Å²) in [6.07, 6.45) is -5.19. The molecular formula is C29H37F3N8O7. The van der Waals surface area contributed by atoms with Crippen LogP contribution in [0.1, 0.15) is 42.9 Å². The molecule has 0 heterocycles. The van der Waals surface area contributed by atoms with Crippen molar-refractivity contribution in [2.24, 2.45) is 17.2 Å². The minimum Gasteiger partial charge on any atom is -0.481 e. The number of hydrogen-bond donors (Lipinski definition) is 10. The van der Waals surface area contributed by atoms with Crippen LogP contribution in [0.2, 0.25) is 0 Å². The third kappa shape index (κ3) is 13.5. The van der Waals surface area contributed by atoms with Crippen molar-refractivity contribution in [1.29, 1.82) is 10.8 Å². The molecule has 47 heavy (non-hydrogen) atoms. The summed E-state index contributed by atoms with van der Waals surface area (Å²) in [5, 5.41) is 38.9. The van der Waals surface area contributed by atoms with E-state index in [4.69, 9.17) is 37.9 Å². The average Bonchev–Trinajstić information content (AvgIpc) is 2.98. The highest BCUT2D eigenvalue weighted by molar-refractivity contribution is 5.97. The van der Waals surface area contributed by atoms with E-state index >= 15 is 0 Å². The lowest BCUT2D eigenvalue weighted by atomic mass is 9.76. The van der Waals surface area contributed by atoms with Crippen LogP contribution in [0.5, 0.6) is 0 Å². The second kappa shape index (κ2) is 17.7. The van der Waals surface area contributed by atoms with Crippen molar-refractivity contribution in [2.75, 3.05) is 6.54 Å². The number of alkyl halides is 3. The first-order valence-corrected chi connectivity index (χ1v) is 13.8. The van der Waals surface area contributed by atoms with Gasteiger partial charge in [-0.15, -0.1) is 0 Å². The number of carbonyl (C=O) groups excluding carboxylic acids is 3. The molecule has 15 nitrogen and oxygen atoms in total. The minimum atomic E-state index is -5.08. The number of nitrogens with one attached hydrogen (secondary N) is 5. The van der Waals surface area contributed by atoms with Gasteiger partial charge >= 0.3 is 18.1 Å². The second-order valence-electron chi connectivity index (χ2n) is 10.4. The number of carboxylic acid groups (broad SMARTS) is 2. The first-order chi connectivity index (χ1) is 21.8. The summed E-state index contributed by atoms with van der Waals surface area (Å²) in [7, 11) is 0. The Balaban J connectivity index is 0.00000141. The molecule has 2 aromatic rings. The summed E-state index contributed by atoms with van der Waals surface area (Å²) in [6, 6.07) is 13.0.